The first-order valence-corrected chi connectivity index (χ1v) is 8.56. The molecule has 1 aliphatic rings. The Morgan fingerprint density at radius 1 is 1.19 bits per heavy atom. The minimum Gasteiger partial charge on any atom is -0.496 e. The summed E-state index contributed by atoms with van der Waals surface area (Å²) in [6, 6.07) is 9.56. The average Bonchev–Trinajstić information content (AvgIpc) is 3.27. The number of benzene rings is 1. The largest absolute Gasteiger partial charge is 0.496 e. The normalized spacial score (nSPS) is 17.7. The first kappa shape index (κ1) is 17.6. The molecule has 0 spiro atoms. The van der Waals surface area contributed by atoms with Crippen LogP contribution in [0.15, 0.2) is 30.3 Å². The van der Waals surface area contributed by atoms with Crippen molar-refractivity contribution in [3.05, 3.63) is 47.4 Å². The zero-order chi connectivity index (χ0) is 19.2. The van der Waals surface area contributed by atoms with E-state index in [4.69, 9.17) is 4.74 Å². The van der Waals surface area contributed by atoms with Crippen molar-refractivity contribution < 1.29 is 17.9 Å². The van der Waals surface area contributed by atoms with Crippen LogP contribution in [-0.4, -0.2) is 39.8 Å². The topological polar surface area (TPSA) is 55.5 Å². The standard InChI is InChI=1S/C18H18F3N5O/c1-11-9-15(26-17(22-11)23-16(24-26)18(19,20)21)25-8-7-12(10-25)13-5-3-4-6-14(13)27-2/h3-6,9,12H,7-8,10H2,1-2H3. The number of ether oxygens (including phenoxy) is 1. The van der Waals surface area contributed by atoms with Gasteiger partial charge in [0.1, 0.15) is 11.6 Å². The Hall–Kier alpha value is -2.84. The molecule has 4 rings (SSSR count). The van der Waals surface area contributed by atoms with Gasteiger partial charge in [0.15, 0.2) is 0 Å². The van der Waals surface area contributed by atoms with Gasteiger partial charge in [-0.15, -0.1) is 5.10 Å². The molecule has 1 aliphatic heterocycles. The molecule has 6 nitrogen and oxygen atoms in total. The predicted octanol–water partition coefficient (Wildman–Crippen LogP) is 3.45. The van der Waals surface area contributed by atoms with E-state index in [1.807, 2.05) is 29.2 Å². The predicted molar refractivity (Wildman–Crippen MR) is 93.1 cm³/mol. The van der Waals surface area contributed by atoms with Crippen LogP contribution in [0, 0.1) is 6.92 Å². The van der Waals surface area contributed by atoms with Gasteiger partial charge in [0.05, 0.1) is 7.11 Å². The van der Waals surface area contributed by atoms with Gasteiger partial charge in [0.2, 0.25) is 0 Å². The van der Waals surface area contributed by atoms with Crippen LogP contribution >= 0.6 is 0 Å². The van der Waals surface area contributed by atoms with Crippen molar-refractivity contribution >= 4 is 11.6 Å². The fourth-order valence-electron chi connectivity index (χ4n) is 3.54. The van der Waals surface area contributed by atoms with Crippen LogP contribution in [0.3, 0.4) is 0 Å². The van der Waals surface area contributed by atoms with Gasteiger partial charge in [-0.3, -0.25) is 0 Å². The minimum atomic E-state index is -4.61. The van der Waals surface area contributed by atoms with Gasteiger partial charge in [-0.05, 0) is 25.0 Å². The molecule has 3 aromatic rings. The lowest BCUT2D eigenvalue weighted by Gasteiger charge is -2.20. The lowest BCUT2D eigenvalue weighted by molar-refractivity contribution is -0.144. The zero-order valence-corrected chi connectivity index (χ0v) is 14.9. The zero-order valence-electron chi connectivity index (χ0n) is 14.9. The Morgan fingerprint density at radius 2 is 1.96 bits per heavy atom. The first-order chi connectivity index (χ1) is 12.9. The summed E-state index contributed by atoms with van der Waals surface area (Å²) in [5, 5.41) is 3.65. The molecule has 1 saturated heterocycles. The van der Waals surface area contributed by atoms with Gasteiger partial charge in [0.25, 0.3) is 11.6 Å². The molecule has 2 aromatic heterocycles. The van der Waals surface area contributed by atoms with E-state index in [0.717, 1.165) is 17.7 Å². The molecule has 0 radical (unpaired) electrons. The minimum absolute atomic E-state index is 0.0435. The van der Waals surface area contributed by atoms with E-state index >= 15 is 0 Å². The molecule has 0 N–H and O–H groups in total. The van der Waals surface area contributed by atoms with Crippen molar-refractivity contribution in [2.75, 3.05) is 25.1 Å². The van der Waals surface area contributed by atoms with E-state index in [-0.39, 0.29) is 11.7 Å². The number of hydrogen-bond donors (Lipinski definition) is 0. The molecule has 9 heteroatoms. The summed E-state index contributed by atoms with van der Waals surface area (Å²) >= 11 is 0. The summed E-state index contributed by atoms with van der Waals surface area (Å²) in [5.74, 6) is 0.383. The molecular weight excluding hydrogens is 359 g/mol. The first-order valence-electron chi connectivity index (χ1n) is 8.56. The number of fused-ring (bicyclic) bond motifs is 1. The molecule has 27 heavy (non-hydrogen) atoms. The molecule has 3 heterocycles. The van der Waals surface area contributed by atoms with Gasteiger partial charge in [0, 0.05) is 30.8 Å². The maximum Gasteiger partial charge on any atom is 0.453 e. The number of para-hydroxylation sites is 1. The molecule has 0 bridgehead atoms. The SMILES string of the molecule is COc1ccccc1C1CCN(c2cc(C)nc3nc(C(F)(F)F)nn23)C1. The van der Waals surface area contributed by atoms with Crippen LogP contribution in [0.25, 0.3) is 5.78 Å². The molecular formula is C18H18F3N5O. The Morgan fingerprint density at radius 3 is 2.70 bits per heavy atom. The number of rotatable bonds is 3. The van der Waals surface area contributed by atoms with Crippen molar-refractivity contribution in [2.45, 2.75) is 25.4 Å². The average molecular weight is 377 g/mol. The fraction of sp³-hybridized carbons (Fsp3) is 0.389. The molecule has 1 unspecified atom stereocenters. The van der Waals surface area contributed by atoms with Crippen LogP contribution < -0.4 is 9.64 Å². The van der Waals surface area contributed by atoms with E-state index in [1.54, 1.807) is 20.1 Å². The van der Waals surface area contributed by atoms with Gasteiger partial charge < -0.3 is 9.64 Å². The summed E-state index contributed by atoms with van der Waals surface area (Å²) in [6.07, 6.45) is -3.74. The third-order valence-corrected chi connectivity index (χ3v) is 4.77. The molecule has 1 aromatic carbocycles. The molecule has 1 fully saturated rings. The number of halogens is 3. The molecule has 0 amide bonds. The highest BCUT2D eigenvalue weighted by Crippen LogP contribution is 2.36. The summed E-state index contributed by atoms with van der Waals surface area (Å²) in [6.45, 7) is 3.09. The number of aryl methyl sites for hydroxylation is 1. The molecule has 142 valence electrons. The van der Waals surface area contributed by atoms with Gasteiger partial charge in [-0.25, -0.2) is 4.98 Å². The summed E-state index contributed by atoms with van der Waals surface area (Å²) in [5.41, 5.74) is 1.69. The Bertz CT molecular complexity index is 985. The van der Waals surface area contributed by atoms with E-state index in [9.17, 15) is 13.2 Å². The van der Waals surface area contributed by atoms with Crippen molar-refractivity contribution in [3.63, 3.8) is 0 Å². The highest BCUT2D eigenvalue weighted by atomic mass is 19.4. The smallest absolute Gasteiger partial charge is 0.453 e. The van der Waals surface area contributed by atoms with Gasteiger partial charge in [-0.1, -0.05) is 18.2 Å². The lowest BCUT2D eigenvalue weighted by Crippen LogP contribution is -2.23. The number of nitrogens with zero attached hydrogens (tertiary/aromatic N) is 5. The quantitative estimate of drug-likeness (QED) is 0.700. The maximum absolute atomic E-state index is 13.0. The second kappa shape index (κ2) is 6.40. The Kier molecular flexibility index (Phi) is 4.16. The maximum atomic E-state index is 13.0. The van der Waals surface area contributed by atoms with Gasteiger partial charge in [-0.2, -0.15) is 22.7 Å². The number of methoxy groups -OCH3 is 1. The summed E-state index contributed by atoms with van der Waals surface area (Å²) in [4.78, 5) is 9.66. The summed E-state index contributed by atoms with van der Waals surface area (Å²) < 4.78 is 45.7. The lowest BCUT2D eigenvalue weighted by atomic mass is 9.97. The molecule has 0 saturated carbocycles. The van der Waals surface area contributed by atoms with Crippen molar-refractivity contribution in [3.8, 4) is 5.75 Å². The van der Waals surface area contributed by atoms with Crippen molar-refractivity contribution in [2.24, 2.45) is 0 Å². The van der Waals surface area contributed by atoms with Crippen LogP contribution in [0.5, 0.6) is 5.75 Å². The number of hydrogen-bond acceptors (Lipinski definition) is 5. The van der Waals surface area contributed by atoms with Crippen molar-refractivity contribution in [1.29, 1.82) is 0 Å². The highest BCUT2D eigenvalue weighted by molar-refractivity contribution is 5.50. The molecule has 1 atom stereocenters. The highest BCUT2D eigenvalue weighted by Gasteiger charge is 2.37. The third-order valence-electron chi connectivity index (χ3n) is 4.77. The van der Waals surface area contributed by atoms with Crippen LogP contribution in [0.2, 0.25) is 0 Å². The van der Waals surface area contributed by atoms with E-state index in [0.29, 0.717) is 24.6 Å². The fourth-order valence-corrected chi connectivity index (χ4v) is 3.54. The van der Waals surface area contributed by atoms with E-state index in [1.165, 1.54) is 4.52 Å². The molecule has 0 aliphatic carbocycles. The number of anilines is 1. The second-order valence-corrected chi connectivity index (χ2v) is 6.57. The Labute approximate surface area is 153 Å². The van der Waals surface area contributed by atoms with Crippen LogP contribution in [-0.2, 0) is 6.18 Å². The Balaban J connectivity index is 1.70. The van der Waals surface area contributed by atoms with E-state index in [2.05, 4.69) is 15.1 Å². The van der Waals surface area contributed by atoms with Crippen molar-refractivity contribution in [1.82, 2.24) is 19.6 Å². The number of aromatic nitrogens is 4. The number of alkyl halides is 3. The van der Waals surface area contributed by atoms with Crippen LogP contribution in [0.4, 0.5) is 19.0 Å². The van der Waals surface area contributed by atoms with Crippen LogP contribution in [0.1, 0.15) is 29.4 Å². The second-order valence-electron chi connectivity index (χ2n) is 6.57. The van der Waals surface area contributed by atoms with Gasteiger partial charge >= 0.3 is 6.18 Å². The third kappa shape index (κ3) is 3.17. The summed E-state index contributed by atoms with van der Waals surface area (Å²) in [7, 11) is 1.63. The monoisotopic (exact) mass is 377 g/mol. The van der Waals surface area contributed by atoms with E-state index < -0.39 is 12.0 Å².